The van der Waals surface area contributed by atoms with E-state index >= 15 is 0 Å². The Kier molecular flexibility index (Phi) is 11.2. The zero-order valence-electron chi connectivity index (χ0n) is 24.9. The van der Waals surface area contributed by atoms with Gasteiger partial charge in [-0.2, -0.15) is 5.06 Å². The minimum Gasteiger partial charge on any atom is -0.396 e. The summed E-state index contributed by atoms with van der Waals surface area (Å²) in [6, 6.07) is 0.0847. The Hall–Kier alpha value is -1.17. The summed E-state index contributed by atoms with van der Waals surface area (Å²) >= 11 is 0. The van der Waals surface area contributed by atoms with Crippen LogP contribution in [0.1, 0.15) is 103 Å². The lowest BCUT2D eigenvalue weighted by Crippen LogP contribution is -2.49. The average Bonchev–Trinajstić information content (AvgIpc) is 3.55. The van der Waals surface area contributed by atoms with E-state index in [1.807, 2.05) is 5.06 Å². The Morgan fingerprint density at radius 1 is 1.05 bits per heavy atom. The highest BCUT2D eigenvalue weighted by molar-refractivity contribution is 5.82. The number of amides is 1. The second kappa shape index (κ2) is 14.8. The summed E-state index contributed by atoms with van der Waals surface area (Å²) in [5.74, 6) is 9.61. The van der Waals surface area contributed by atoms with Crippen molar-refractivity contribution in [3.8, 4) is 11.8 Å². The number of hydroxylamine groups is 2. The van der Waals surface area contributed by atoms with E-state index in [9.17, 15) is 15.0 Å². The van der Waals surface area contributed by atoms with Gasteiger partial charge >= 0.3 is 0 Å². The van der Waals surface area contributed by atoms with Crippen LogP contribution < -0.4 is 10.6 Å². The average molecular weight is 558 g/mol. The molecule has 0 aromatic carbocycles. The molecule has 0 aromatic rings. The number of fused-ring (bicyclic) bond motifs is 1. The van der Waals surface area contributed by atoms with Crippen molar-refractivity contribution in [1.82, 2.24) is 15.7 Å². The highest BCUT2D eigenvalue weighted by Crippen LogP contribution is 2.37. The number of carbonyl (C=O) groups is 1. The quantitative estimate of drug-likeness (QED) is 0.320. The van der Waals surface area contributed by atoms with E-state index in [-0.39, 0.29) is 12.5 Å². The standard InChI is InChI=1S/C33H55N3O4/c1-23(38)32-29(22-37)31(33(39)34-18-17-27-20-35-30-16-6-5-15-28(27)30)36(40-32)21-26-14-8-13-25(19-26)12-7-11-24-9-3-2-4-10-24/h23-32,35,37-38H,2-6,8-11,13-22H2,1H3,(H,34,39)/t23-,25?,26?,27?,28?,29-,30?,31-,32-/m0/s1. The van der Waals surface area contributed by atoms with Crippen molar-refractivity contribution >= 4 is 5.91 Å². The topological polar surface area (TPSA) is 94.1 Å². The summed E-state index contributed by atoms with van der Waals surface area (Å²) < 4.78 is 0. The van der Waals surface area contributed by atoms with Gasteiger partial charge in [0.25, 0.3) is 0 Å². The lowest BCUT2D eigenvalue weighted by Gasteiger charge is -2.32. The molecule has 3 aliphatic carbocycles. The number of carbonyl (C=O) groups excluding carboxylic acids is 1. The summed E-state index contributed by atoms with van der Waals surface area (Å²) in [6.07, 6.45) is 17.2. The van der Waals surface area contributed by atoms with Crippen LogP contribution >= 0.6 is 0 Å². The van der Waals surface area contributed by atoms with Gasteiger partial charge in [-0.15, -0.1) is 5.92 Å². The third-order valence-corrected chi connectivity index (χ3v) is 10.9. The number of nitrogens with one attached hydrogen (secondary N) is 2. The van der Waals surface area contributed by atoms with E-state index in [0.29, 0.717) is 36.9 Å². The zero-order chi connectivity index (χ0) is 27.9. The molecule has 7 heteroatoms. The molecule has 0 spiro atoms. The molecular weight excluding hydrogens is 502 g/mol. The Bertz CT molecular complexity index is 865. The molecule has 0 bridgehead atoms. The number of aliphatic hydroxyl groups is 2. The van der Waals surface area contributed by atoms with Gasteiger partial charge in [-0.1, -0.05) is 44.4 Å². The van der Waals surface area contributed by atoms with Crippen molar-refractivity contribution < 1.29 is 19.8 Å². The Morgan fingerprint density at radius 2 is 1.82 bits per heavy atom. The van der Waals surface area contributed by atoms with Gasteiger partial charge in [0.15, 0.2) is 0 Å². The summed E-state index contributed by atoms with van der Waals surface area (Å²) in [7, 11) is 0. The molecule has 4 N–H and O–H groups in total. The molecule has 2 aliphatic heterocycles. The van der Waals surface area contributed by atoms with Crippen molar-refractivity contribution in [2.24, 2.45) is 35.5 Å². The summed E-state index contributed by atoms with van der Waals surface area (Å²) in [5.41, 5.74) is 0. The molecular formula is C33H55N3O4. The summed E-state index contributed by atoms with van der Waals surface area (Å²) in [6.45, 7) is 3.87. The minimum atomic E-state index is -0.755. The maximum atomic E-state index is 13.6. The number of nitrogens with zero attached hydrogens (tertiary/aromatic N) is 1. The Labute approximate surface area is 242 Å². The molecule has 7 nitrogen and oxygen atoms in total. The Morgan fingerprint density at radius 3 is 2.62 bits per heavy atom. The smallest absolute Gasteiger partial charge is 0.240 e. The molecule has 40 heavy (non-hydrogen) atoms. The first-order valence-electron chi connectivity index (χ1n) is 16.7. The third-order valence-electron chi connectivity index (χ3n) is 10.9. The van der Waals surface area contributed by atoms with Crippen molar-refractivity contribution in [3.05, 3.63) is 0 Å². The van der Waals surface area contributed by atoms with Crippen LogP contribution in [0.15, 0.2) is 0 Å². The maximum absolute atomic E-state index is 13.6. The van der Waals surface area contributed by atoms with E-state index in [0.717, 1.165) is 56.9 Å². The monoisotopic (exact) mass is 557 g/mol. The van der Waals surface area contributed by atoms with Crippen molar-refractivity contribution in [2.75, 3.05) is 26.2 Å². The lowest BCUT2D eigenvalue weighted by atomic mass is 9.79. The lowest BCUT2D eigenvalue weighted by molar-refractivity contribution is -0.193. The molecule has 0 radical (unpaired) electrons. The van der Waals surface area contributed by atoms with E-state index in [4.69, 9.17) is 4.84 Å². The van der Waals surface area contributed by atoms with E-state index in [2.05, 4.69) is 22.5 Å². The van der Waals surface area contributed by atoms with Crippen LogP contribution in [0.25, 0.3) is 0 Å². The first-order valence-corrected chi connectivity index (χ1v) is 16.7. The predicted molar refractivity (Wildman–Crippen MR) is 157 cm³/mol. The van der Waals surface area contributed by atoms with Gasteiger partial charge in [0.2, 0.25) is 5.91 Å². The van der Waals surface area contributed by atoms with Crippen LogP contribution in [-0.4, -0.2) is 71.7 Å². The first-order chi connectivity index (χ1) is 19.5. The number of aliphatic hydroxyl groups excluding tert-OH is 2. The molecule has 9 atom stereocenters. The van der Waals surface area contributed by atoms with Gasteiger partial charge in [-0.05, 0) is 88.5 Å². The van der Waals surface area contributed by atoms with Gasteiger partial charge in [0, 0.05) is 37.4 Å². The predicted octanol–water partition coefficient (Wildman–Crippen LogP) is 4.02. The minimum absolute atomic E-state index is 0.0759. The molecule has 2 heterocycles. The molecule has 2 saturated heterocycles. The van der Waals surface area contributed by atoms with Crippen LogP contribution in [0, 0.1) is 47.3 Å². The molecule has 1 amide bonds. The van der Waals surface area contributed by atoms with Crippen LogP contribution in [-0.2, 0) is 9.63 Å². The third kappa shape index (κ3) is 7.61. The van der Waals surface area contributed by atoms with Gasteiger partial charge < -0.3 is 20.8 Å². The molecule has 5 rings (SSSR count). The molecule has 0 aromatic heterocycles. The van der Waals surface area contributed by atoms with Gasteiger partial charge in [0.05, 0.1) is 12.7 Å². The molecule has 5 aliphatic rings. The SMILES string of the molecule is C[C@H](O)[C@@H]1ON(CC2CCCC(C#CCC3CCCCC3)C2)[C@H](C(=O)NCCC2CNC3CCCCC23)[C@@H]1CO. The van der Waals surface area contributed by atoms with E-state index in [1.165, 1.54) is 57.8 Å². The fourth-order valence-electron chi connectivity index (χ4n) is 8.64. The van der Waals surface area contributed by atoms with E-state index < -0.39 is 24.2 Å². The van der Waals surface area contributed by atoms with Crippen LogP contribution in [0.4, 0.5) is 0 Å². The van der Waals surface area contributed by atoms with Gasteiger partial charge in [-0.3, -0.25) is 9.63 Å². The van der Waals surface area contributed by atoms with E-state index in [1.54, 1.807) is 6.92 Å². The number of hydrogen-bond donors (Lipinski definition) is 4. The van der Waals surface area contributed by atoms with Crippen LogP contribution in [0.2, 0.25) is 0 Å². The maximum Gasteiger partial charge on any atom is 0.240 e. The van der Waals surface area contributed by atoms with Crippen LogP contribution in [0.5, 0.6) is 0 Å². The fourth-order valence-corrected chi connectivity index (χ4v) is 8.64. The summed E-state index contributed by atoms with van der Waals surface area (Å²) in [4.78, 5) is 19.8. The zero-order valence-corrected chi connectivity index (χ0v) is 24.9. The molecule has 3 saturated carbocycles. The number of hydrogen-bond acceptors (Lipinski definition) is 6. The molecule has 5 fully saturated rings. The largest absolute Gasteiger partial charge is 0.396 e. The second-order valence-electron chi connectivity index (χ2n) is 13.8. The second-order valence-corrected chi connectivity index (χ2v) is 13.8. The molecule has 5 unspecified atom stereocenters. The van der Waals surface area contributed by atoms with Crippen LogP contribution in [0.3, 0.4) is 0 Å². The fraction of sp³-hybridized carbons (Fsp3) is 0.909. The summed E-state index contributed by atoms with van der Waals surface area (Å²) in [5, 5.41) is 29.4. The Balaban J connectivity index is 1.15. The van der Waals surface area contributed by atoms with Crippen molar-refractivity contribution in [1.29, 1.82) is 0 Å². The number of rotatable bonds is 9. The normalized spacial score (nSPS) is 37.9. The first kappa shape index (κ1) is 30.3. The van der Waals surface area contributed by atoms with Gasteiger partial charge in [-0.25, -0.2) is 0 Å². The highest BCUT2D eigenvalue weighted by Gasteiger charge is 2.49. The van der Waals surface area contributed by atoms with Crippen molar-refractivity contribution in [3.63, 3.8) is 0 Å². The van der Waals surface area contributed by atoms with Gasteiger partial charge in [0.1, 0.15) is 12.1 Å². The molecule has 226 valence electrons. The highest BCUT2D eigenvalue weighted by atomic mass is 16.7. The van der Waals surface area contributed by atoms with Crippen molar-refractivity contribution in [2.45, 2.75) is 128 Å².